The van der Waals surface area contributed by atoms with Crippen LogP contribution < -0.4 is 0 Å². The first-order valence-corrected chi connectivity index (χ1v) is 12.2. The van der Waals surface area contributed by atoms with Crippen molar-refractivity contribution in [3.63, 3.8) is 0 Å². The first kappa shape index (κ1) is 21.2. The SMILES string of the molecule is c1ccc(SCCN(CCSc2ccccn2)CCSc2ccccn2)nc1. The molecule has 0 saturated heterocycles. The smallest absolute Gasteiger partial charge is 0.0960 e. The molecule has 0 aliphatic rings. The Morgan fingerprint density at radius 1 is 0.536 bits per heavy atom. The van der Waals surface area contributed by atoms with E-state index in [0.717, 1.165) is 52.0 Å². The Balaban J connectivity index is 1.44. The molecule has 0 bridgehead atoms. The molecule has 0 radical (unpaired) electrons. The highest BCUT2D eigenvalue weighted by atomic mass is 32.2. The third-order valence-corrected chi connectivity index (χ3v) is 6.66. The number of nitrogens with zero attached hydrogens (tertiary/aromatic N) is 4. The first-order valence-electron chi connectivity index (χ1n) is 9.24. The second kappa shape index (κ2) is 12.8. The molecule has 0 aromatic carbocycles. The molecule has 7 heteroatoms. The molecule has 0 unspecified atom stereocenters. The predicted molar refractivity (Wildman–Crippen MR) is 121 cm³/mol. The molecule has 3 rings (SSSR count). The molecule has 3 aromatic heterocycles. The highest BCUT2D eigenvalue weighted by molar-refractivity contribution is 7.99. The molecule has 0 saturated carbocycles. The van der Waals surface area contributed by atoms with Crippen LogP contribution in [0.2, 0.25) is 0 Å². The summed E-state index contributed by atoms with van der Waals surface area (Å²) >= 11 is 5.45. The fourth-order valence-corrected chi connectivity index (χ4v) is 5.08. The third kappa shape index (κ3) is 8.22. The largest absolute Gasteiger partial charge is 0.301 e. The minimum Gasteiger partial charge on any atom is -0.301 e. The fourth-order valence-electron chi connectivity index (χ4n) is 2.47. The van der Waals surface area contributed by atoms with Crippen LogP contribution >= 0.6 is 35.3 Å². The van der Waals surface area contributed by atoms with Crippen LogP contribution in [0.25, 0.3) is 0 Å². The topological polar surface area (TPSA) is 41.9 Å². The second-order valence-corrected chi connectivity index (χ2v) is 9.24. The van der Waals surface area contributed by atoms with Gasteiger partial charge >= 0.3 is 0 Å². The van der Waals surface area contributed by atoms with Gasteiger partial charge in [0.25, 0.3) is 0 Å². The van der Waals surface area contributed by atoms with E-state index in [1.54, 1.807) is 0 Å². The van der Waals surface area contributed by atoms with Gasteiger partial charge < -0.3 is 4.90 Å². The first-order chi connectivity index (χ1) is 13.9. The summed E-state index contributed by atoms with van der Waals surface area (Å²) in [5.74, 6) is 3.12. The number of thioether (sulfide) groups is 3. The lowest BCUT2D eigenvalue weighted by Crippen LogP contribution is -2.31. The summed E-state index contributed by atoms with van der Waals surface area (Å²) in [4.78, 5) is 15.7. The van der Waals surface area contributed by atoms with Gasteiger partial charge in [-0.05, 0) is 36.4 Å². The van der Waals surface area contributed by atoms with Crippen LogP contribution in [0.15, 0.2) is 88.3 Å². The highest BCUT2D eigenvalue weighted by Gasteiger charge is 2.07. The number of hydrogen-bond donors (Lipinski definition) is 0. The summed E-state index contributed by atoms with van der Waals surface area (Å²) in [6.45, 7) is 3.15. The van der Waals surface area contributed by atoms with Crippen molar-refractivity contribution < 1.29 is 0 Å². The Bertz CT molecular complexity index is 667. The van der Waals surface area contributed by atoms with Crippen LogP contribution in [0.4, 0.5) is 0 Å². The lowest BCUT2D eigenvalue weighted by molar-refractivity contribution is 0.329. The van der Waals surface area contributed by atoms with E-state index in [-0.39, 0.29) is 0 Å². The van der Waals surface area contributed by atoms with Gasteiger partial charge in [0.2, 0.25) is 0 Å². The molecule has 0 N–H and O–H groups in total. The Labute approximate surface area is 180 Å². The fraction of sp³-hybridized carbons (Fsp3) is 0.286. The Hall–Kier alpha value is -1.54. The van der Waals surface area contributed by atoms with Gasteiger partial charge in [0.1, 0.15) is 0 Å². The third-order valence-electron chi connectivity index (χ3n) is 3.89. The molecular formula is C21H24N4S3. The van der Waals surface area contributed by atoms with E-state index in [4.69, 9.17) is 0 Å². The van der Waals surface area contributed by atoms with Crippen molar-refractivity contribution in [2.75, 3.05) is 36.9 Å². The summed E-state index contributed by atoms with van der Waals surface area (Å²) in [6, 6.07) is 18.2. The molecule has 0 amide bonds. The predicted octanol–water partition coefficient (Wildman–Crippen LogP) is 4.85. The van der Waals surface area contributed by atoms with Gasteiger partial charge in [0.05, 0.1) is 15.1 Å². The molecule has 3 heterocycles. The monoisotopic (exact) mass is 428 g/mol. The molecule has 4 nitrogen and oxygen atoms in total. The van der Waals surface area contributed by atoms with Crippen LogP contribution in [0, 0.1) is 0 Å². The Morgan fingerprint density at radius 2 is 0.893 bits per heavy atom. The van der Waals surface area contributed by atoms with Crippen LogP contribution in [-0.2, 0) is 0 Å². The van der Waals surface area contributed by atoms with Gasteiger partial charge in [-0.3, -0.25) is 0 Å². The van der Waals surface area contributed by atoms with E-state index in [9.17, 15) is 0 Å². The standard InChI is InChI=1S/C21H24N4S3/c1-4-10-22-19(7-1)26-16-13-25(14-17-27-20-8-2-5-11-23-20)15-18-28-21-9-3-6-12-24-21/h1-12H,13-18H2. The van der Waals surface area contributed by atoms with Crippen LogP contribution in [0.5, 0.6) is 0 Å². The Kier molecular flexibility index (Phi) is 9.70. The number of aromatic nitrogens is 3. The molecule has 0 atom stereocenters. The maximum absolute atomic E-state index is 4.40. The Morgan fingerprint density at radius 3 is 1.18 bits per heavy atom. The van der Waals surface area contributed by atoms with Crippen LogP contribution in [0.1, 0.15) is 0 Å². The number of hydrogen-bond acceptors (Lipinski definition) is 7. The van der Waals surface area contributed by atoms with Gasteiger partial charge in [-0.25, -0.2) is 15.0 Å². The summed E-state index contributed by atoms with van der Waals surface area (Å²) < 4.78 is 0. The van der Waals surface area contributed by atoms with Crippen molar-refractivity contribution in [2.24, 2.45) is 0 Å². The second-order valence-electron chi connectivity index (χ2n) is 5.89. The number of pyridine rings is 3. The minimum absolute atomic E-state index is 1.04. The summed E-state index contributed by atoms with van der Waals surface area (Å²) in [6.07, 6.45) is 5.56. The molecule has 28 heavy (non-hydrogen) atoms. The van der Waals surface area contributed by atoms with Crippen molar-refractivity contribution in [1.82, 2.24) is 19.9 Å². The quantitative estimate of drug-likeness (QED) is 0.382. The lowest BCUT2D eigenvalue weighted by Gasteiger charge is -2.21. The molecular weight excluding hydrogens is 404 g/mol. The van der Waals surface area contributed by atoms with E-state index >= 15 is 0 Å². The lowest BCUT2D eigenvalue weighted by atomic mass is 10.5. The summed E-state index contributed by atoms with van der Waals surface area (Å²) in [5.41, 5.74) is 0. The molecule has 3 aromatic rings. The van der Waals surface area contributed by atoms with Gasteiger partial charge in [0, 0.05) is 55.5 Å². The average Bonchev–Trinajstić information content (AvgIpc) is 2.76. The molecule has 0 aliphatic carbocycles. The van der Waals surface area contributed by atoms with E-state index in [1.807, 2.05) is 90.3 Å². The zero-order valence-electron chi connectivity index (χ0n) is 15.7. The molecule has 146 valence electrons. The van der Waals surface area contributed by atoms with Gasteiger partial charge in [-0.15, -0.1) is 35.3 Å². The van der Waals surface area contributed by atoms with Crippen LogP contribution in [-0.4, -0.2) is 56.7 Å². The van der Waals surface area contributed by atoms with Gasteiger partial charge in [-0.2, -0.15) is 0 Å². The van der Waals surface area contributed by atoms with E-state index < -0.39 is 0 Å². The minimum atomic E-state index is 1.04. The van der Waals surface area contributed by atoms with E-state index in [1.165, 1.54) is 0 Å². The van der Waals surface area contributed by atoms with E-state index in [2.05, 4.69) is 38.1 Å². The van der Waals surface area contributed by atoms with Crippen molar-refractivity contribution in [3.05, 3.63) is 73.2 Å². The molecule has 0 spiro atoms. The zero-order chi connectivity index (χ0) is 19.3. The molecule has 0 aliphatic heterocycles. The van der Waals surface area contributed by atoms with E-state index in [0.29, 0.717) is 0 Å². The molecule has 0 fully saturated rings. The average molecular weight is 429 g/mol. The maximum atomic E-state index is 4.40. The van der Waals surface area contributed by atoms with Crippen molar-refractivity contribution in [1.29, 1.82) is 0 Å². The maximum Gasteiger partial charge on any atom is 0.0960 e. The highest BCUT2D eigenvalue weighted by Crippen LogP contribution is 2.18. The van der Waals surface area contributed by atoms with Crippen molar-refractivity contribution >= 4 is 35.3 Å². The summed E-state index contributed by atoms with van der Waals surface area (Å²) in [7, 11) is 0. The van der Waals surface area contributed by atoms with Crippen molar-refractivity contribution in [3.8, 4) is 0 Å². The number of rotatable bonds is 12. The zero-order valence-corrected chi connectivity index (χ0v) is 18.1. The van der Waals surface area contributed by atoms with Gasteiger partial charge in [0.15, 0.2) is 0 Å². The van der Waals surface area contributed by atoms with Crippen molar-refractivity contribution in [2.45, 2.75) is 15.1 Å². The van der Waals surface area contributed by atoms with Crippen LogP contribution in [0.3, 0.4) is 0 Å². The normalized spacial score (nSPS) is 11.0. The van der Waals surface area contributed by atoms with Gasteiger partial charge in [-0.1, -0.05) is 18.2 Å². The summed E-state index contributed by atoms with van der Waals surface area (Å²) in [5, 5.41) is 3.27.